The van der Waals surface area contributed by atoms with Gasteiger partial charge < -0.3 is 28.8 Å². The number of benzene rings is 2. The molecule has 2 aliphatic heterocycles. The van der Waals surface area contributed by atoms with Gasteiger partial charge in [-0.25, -0.2) is 4.98 Å². The van der Waals surface area contributed by atoms with Crippen LogP contribution in [-0.2, 0) is 16.1 Å². The summed E-state index contributed by atoms with van der Waals surface area (Å²) in [5.74, 6) is 0.589. The highest BCUT2D eigenvalue weighted by atomic mass is 16.6. The number of fused-ring (bicyclic) bond motifs is 1. The molecule has 0 spiro atoms. The van der Waals surface area contributed by atoms with Crippen LogP contribution in [0.15, 0.2) is 66.8 Å². The molecular formula is C30H33N3O6. The van der Waals surface area contributed by atoms with Crippen molar-refractivity contribution < 1.29 is 28.9 Å². The zero-order valence-corrected chi connectivity index (χ0v) is 22.2. The Labute approximate surface area is 227 Å². The van der Waals surface area contributed by atoms with Crippen molar-refractivity contribution in [2.75, 3.05) is 26.4 Å². The molecule has 1 unspecified atom stereocenters. The lowest BCUT2D eigenvalue weighted by atomic mass is 9.95. The number of carbonyl (C=O) groups is 2. The largest absolute Gasteiger partial charge is 0.507 e. The summed E-state index contributed by atoms with van der Waals surface area (Å²) in [5.41, 5.74) is 1.11. The fourth-order valence-electron chi connectivity index (χ4n) is 4.83. The number of hydrogen-bond donors (Lipinski definition) is 1. The number of likely N-dealkylation sites (tertiary alicyclic amines) is 1. The van der Waals surface area contributed by atoms with E-state index in [9.17, 15) is 14.7 Å². The van der Waals surface area contributed by atoms with Gasteiger partial charge in [-0.3, -0.25) is 9.59 Å². The molecule has 5 rings (SSSR count). The molecule has 1 N–H and O–H groups in total. The van der Waals surface area contributed by atoms with Gasteiger partial charge in [-0.05, 0) is 54.7 Å². The zero-order chi connectivity index (χ0) is 27.4. The van der Waals surface area contributed by atoms with E-state index in [1.54, 1.807) is 30.7 Å². The van der Waals surface area contributed by atoms with E-state index in [1.165, 1.54) is 4.90 Å². The van der Waals surface area contributed by atoms with E-state index in [-0.39, 0.29) is 11.3 Å². The van der Waals surface area contributed by atoms with Gasteiger partial charge in [0, 0.05) is 31.0 Å². The van der Waals surface area contributed by atoms with Gasteiger partial charge in [-0.1, -0.05) is 26.0 Å². The fourth-order valence-corrected chi connectivity index (χ4v) is 4.83. The summed E-state index contributed by atoms with van der Waals surface area (Å²) in [6.45, 7) is 6.62. The Morgan fingerprint density at radius 2 is 1.92 bits per heavy atom. The Bertz CT molecular complexity index is 1360. The quantitative estimate of drug-likeness (QED) is 0.232. The van der Waals surface area contributed by atoms with Gasteiger partial charge >= 0.3 is 0 Å². The summed E-state index contributed by atoms with van der Waals surface area (Å²) in [5, 5.41) is 11.4. The summed E-state index contributed by atoms with van der Waals surface area (Å²) >= 11 is 0. The third-order valence-electron chi connectivity index (χ3n) is 6.87. The summed E-state index contributed by atoms with van der Waals surface area (Å²) in [4.78, 5) is 32.3. The van der Waals surface area contributed by atoms with Crippen LogP contribution in [0.2, 0.25) is 0 Å². The number of carbonyl (C=O) groups excluding carboxylic acids is 2. The number of hydrogen-bond acceptors (Lipinski definition) is 7. The van der Waals surface area contributed by atoms with Gasteiger partial charge in [-0.15, -0.1) is 0 Å². The average molecular weight is 532 g/mol. The number of aliphatic hydroxyl groups excluding tert-OH is 1. The van der Waals surface area contributed by atoms with E-state index in [0.717, 1.165) is 6.42 Å². The Balaban J connectivity index is 1.50. The molecule has 3 heterocycles. The molecule has 39 heavy (non-hydrogen) atoms. The lowest BCUT2D eigenvalue weighted by molar-refractivity contribution is -0.139. The van der Waals surface area contributed by atoms with Gasteiger partial charge in [0.15, 0.2) is 11.5 Å². The Kier molecular flexibility index (Phi) is 7.86. The van der Waals surface area contributed by atoms with Crippen molar-refractivity contribution in [1.29, 1.82) is 0 Å². The second-order valence-corrected chi connectivity index (χ2v) is 10.1. The zero-order valence-electron chi connectivity index (χ0n) is 22.2. The number of aromatic nitrogens is 2. The van der Waals surface area contributed by atoms with E-state index in [1.807, 2.05) is 35.0 Å². The Morgan fingerprint density at radius 3 is 2.69 bits per heavy atom. The number of imidazole rings is 1. The summed E-state index contributed by atoms with van der Waals surface area (Å²) in [6, 6.07) is 11.6. The summed E-state index contributed by atoms with van der Waals surface area (Å²) < 4.78 is 19.2. The van der Waals surface area contributed by atoms with Crippen molar-refractivity contribution in [1.82, 2.24) is 14.5 Å². The van der Waals surface area contributed by atoms with Crippen LogP contribution < -0.4 is 14.2 Å². The molecule has 1 amide bonds. The topological polar surface area (TPSA) is 103 Å². The number of rotatable bonds is 10. The van der Waals surface area contributed by atoms with E-state index >= 15 is 0 Å². The number of nitrogens with zero attached hydrogens (tertiary/aromatic N) is 3. The van der Waals surface area contributed by atoms with Crippen molar-refractivity contribution in [3.63, 3.8) is 0 Å². The highest BCUT2D eigenvalue weighted by Crippen LogP contribution is 2.41. The van der Waals surface area contributed by atoms with Crippen LogP contribution in [-0.4, -0.2) is 57.6 Å². The second kappa shape index (κ2) is 11.6. The SMILES string of the molecule is CC(C)CCOc1cccc(C2/C(=C(\O)c3ccc4c(c3)OCCO4)C(=O)C(=O)N2CCCn2ccnc2)c1. The maximum atomic E-state index is 13.4. The first-order chi connectivity index (χ1) is 18.9. The van der Waals surface area contributed by atoms with Crippen molar-refractivity contribution in [3.05, 3.63) is 77.9 Å². The van der Waals surface area contributed by atoms with Crippen LogP contribution in [0.4, 0.5) is 0 Å². The van der Waals surface area contributed by atoms with Gasteiger partial charge in [0.05, 0.1) is 24.5 Å². The molecule has 0 aliphatic carbocycles. The molecule has 1 aromatic heterocycles. The summed E-state index contributed by atoms with van der Waals surface area (Å²) in [7, 11) is 0. The number of ketones is 1. The molecule has 204 valence electrons. The number of Topliss-reactive ketones (excluding diaryl/α,β-unsaturated/α-hetero) is 1. The third-order valence-corrected chi connectivity index (χ3v) is 6.87. The minimum absolute atomic E-state index is 0.0404. The smallest absolute Gasteiger partial charge is 0.295 e. The molecule has 0 radical (unpaired) electrons. The number of aryl methyl sites for hydroxylation is 1. The first-order valence-electron chi connectivity index (χ1n) is 13.3. The van der Waals surface area contributed by atoms with Crippen LogP contribution in [0.5, 0.6) is 17.2 Å². The van der Waals surface area contributed by atoms with E-state index in [0.29, 0.717) is 73.6 Å². The molecule has 1 atom stereocenters. The normalized spacial score (nSPS) is 18.1. The Morgan fingerprint density at radius 1 is 1.10 bits per heavy atom. The molecule has 2 aliphatic rings. The maximum Gasteiger partial charge on any atom is 0.295 e. The van der Waals surface area contributed by atoms with Crippen molar-refractivity contribution in [3.8, 4) is 17.2 Å². The van der Waals surface area contributed by atoms with Gasteiger partial charge in [-0.2, -0.15) is 0 Å². The maximum absolute atomic E-state index is 13.4. The van der Waals surface area contributed by atoms with E-state index in [2.05, 4.69) is 18.8 Å². The van der Waals surface area contributed by atoms with Gasteiger partial charge in [0.25, 0.3) is 11.7 Å². The fraction of sp³-hybridized carbons (Fsp3) is 0.367. The van der Waals surface area contributed by atoms with Crippen LogP contribution in [0.1, 0.15) is 43.9 Å². The number of aliphatic hydroxyl groups is 1. The number of amides is 1. The molecule has 1 saturated heterocycles. The highest BCUT2D eigenvalue weighted by Gasteiger charge is 2.46. The van der Waals surface area contributed by atoms with Gasteiger partial charge in [0.2, 0.25) is 0 Å². The molecule has 0 bridgehead atoms. The first-order valence-corrected chi connectivity index (χ1v) is 13.3. The van der Waals surface area contributed by atoms with E-state index in [4.69, 9.17) is 14.2 Å². The molecule has 1 fully saturated rings. The van der Waals surface area contributed by atoms with Crippen LogP contribution in [0.25, 0.3) is 5.76 Å². The van der Waals surface area contributed by atoms with Crippen LogP contribution >= 0.6 is 0 Å². The molecule has 9 nitrogen and oxygen atoms in total. The lowest BCUT2D eigenvalue weighted by Gasteiger charge is -2.26. The molecule has 2 aromatic carbocycles. The minimum atomic E-state index is -0.769. The standard InChI is InChI=1S/C30H33N3O6/c1-20(2)9-14-37-23-6-3-5-21(17-23)27-26(28(34)22-7-8-24-25(18-22)39-16-15-38-24)29(35)30(36)33(27)12-4-11-32-13-10-31-19-32/h3,5-8,10,13,17-20,27,34H,4,9,11-12,14-16H2,1-2H3/b28-26+. The minimum Gasteiger partial charge on any atom is -0.507 e. The van der Waals surface area contributed by atoms with Crippen LogP contribution in [0.3, 0.4) is 0 Å². The molecular weight excluding hydrogens is 498 g/mol. The molecule has 9 heteroatoms. The summed E-state index contributed by atoms with van der Waals surface area (Å²) in [6.07, 6.45) is 6.77. The molecule has 3 aromatic rings. The lowest BCUT2D eigenvalue weighted by Crippen LogP contribution is -2.31. The average Bonchev–Trinajstić information content (AvgIpc) is 3.55. The highest BCUT2D eigenvalue weighted by molar-refractivity contribution is 6.46. The first kappa shape index (κ1) is 26.3. The van der Waals surface area contributed by atoms with Crippen molar-refractivity contribution in [2.45, 2.75) is 39.3 Å². The molecule has 0 saturated carbocycles. The van der Waals surface area contributed by atoms with E-state index < -0.39 is 17.7 Å². The predicted molar refractivity (Wildman–Crippen MR) is 145 cm³/mol. The number of ether oxygens (including phenoxy) is 3. The van der Waals surface area contributed by atoms with Crippen LogP contribution in [0, 0.1) is 5.92 Å². The third kappa shape index (κ3) is 5.77. The van der Waals surface area contributed by atoms with Gasteiger partial charge in [0.1, 0.15) is 24.7 Å². The Hall–Kier alpha value is -4.27. The van der Waals surface area contributed by atoms with Crippen molar-refractivity contribution >= 4 is 17.4 Å². The predicted octanol–water partition coefficient (Wildman–Crippen LogP) is 4.59. The monoisotopic (exact) mass is 531 g/mol. The second-order valence-electron chi connectivity index (χ2n) is 10.1. The van der Waals surface area contributed by atoms with Crippen molar-refractivity contribution in [2.24, 2.45) is 5.92 Å².